The van der Waals surface area contributed by atoms with Crippen LogP contribution in [0.2, 0.25) is 0 Å². The van der Waals surface area contributed by atoms with Crippen molar-refractivity contribution in [3.63, 3.8) is 0 Å². The highest BCUT2D eigenvalue weighted by molar-refractivity contribution is 5.71. The summed E-state index contributed by atoms with van der Waals surface area (Å²) in [5.41, 5.74) is 2.47. The molecule has 0 aromatic carbocycles. The minimum absolute atomic E-state index is 0.261. The third-order valence-corrected chi connectivity index (χ3v) is 2.99. The van der Waals surface area contributed by atoms with Crippen LogP contribution in [0.4, 0.5) is 4.79 Å². The van der Waals surface area contributed by atoms with Gasteiger partial charge in [0.2, 0.25) is 0 Å². The van der Waals surface area contributed by atoms with Gasteiger partial charge in [-0.1, -0.05) is 6.08 Å². The molecule has 0 radical (unpaired) electrons. The van der Waals surface area contributed by atoms with Crippen LogP contribution in [-0.4, -0.2) is 39.9 Å². The normalized spacial score (nSPS) is 15.8. The van der Waals surface area contributed by atoms with Gasteiger partial charge in [-0.25, -0.2) is 4.79 Å². The summed E-state index contributed by atoms with van der Waals surface area (Å²) in [6.45, 7) is 8.74. The molecule has 1 aromatic rings. The van der Waals surface area contributed by atoms with E-state index in [1.165, 1.54) is 0 Å². The van der Waals surface area contributed by atoms with E-state index in [0.717, 1.165) is 23.4 Å². The maximum absolute atomic E-state index is 11.9. The van der Waals surface area contributed by atoms with Gasteiger partial charge >= 0.3 is 6.09 Å². The first-order valence-corrected chi connectivity index (χ1v) is 6.83. The van der Waals surface area contributed by atoms with Crippen molar-refractivity contribution in [1.82, 2.24) is 15.1 Å². The van der Waals surface area contributed by atoms with E-state index in [9.17, 15) is 4.79 Å². The van der Waals surface area contributed by atoms with Crippen molar-refractivity contribution in [1.29, 1.82) is 0 Å². The highest BCUT2D eigenvalue weighted by Crippen LogP contribution is 2.21. The Labute approximate surface area is 119 Å². The molecule has 0 saturated carbocycles. The first kappa shape index (κ1) is 14.5. The number of rotatable bonds is 1. The molecule has 2 heterocycles. The van der Waals surface area contributed by atoms with E-state index in [0.29, 0.717) is 13.1 Å². The number of amides is 1. The predicted octanol–water partition coefficient (Wildman–Crippen LogP) is 2.81. The second kappa shape index (κ2) is 5.61. The molecule has 5 heteroatoms. The highest BCUT2D eigenvalue weighted by atomic mass is 16.6. The number of ether oxygens (including phenoxy) is 1. The van der Waals surface area contributed by atoms with E-state index in [-0.39, 0.29) is 6.09 Å². The monoisotopic (exact) mass is 275 g/mol. The quantitative estimate of drug-likeness (QED) is 0.791. The molecule has 0 aliphatic carbocycles. The summed E-state index contributed by atoms with van der Waals surface area (Å²) in [4.78, 5) is 13.7. The fraction of sp³-hybridized carbons (Fsp3) is 0.533. The summed E-state index contributed by atoms with van der Waals surface area (Å²) >= 11 is 0. The first-order valence-electron chi connectivity index (χ1n) is 6.83. The minimum atomic E-state index is -0.455. The molecule has 1 aliphatic rings. The maximum Gasteiger partial charge on any atom is 0.410 e. The molecule has 0 N–H and O–H groups in total. The SMILES string of the molecule is Cc1ccc(C2=CCN(C(=O)OC(C)(C)C)CC2)nn1. The molecular weight excluding hydrogens is 254 g/mol. The van der Waals surface area contributed by atoms with Crippen molar-refractivity contribution in [2.45, 2.75) is 39.7 Å². The van der Waals surface area contributed by atoms with Gasteiger partial charge in [-0.15, -0.1) is 0 Å². The molecule has 1 aromatic heterocycles. The van der Waals surface area contributed by atoms with Gasteiger partial charge < -0.3 is 9.64 Å². The van der Waals surface area contributed by atoms with E-state index in [4.69, 9.17) is 4.74 Å². The minimum Gasteiger partial charge on any atom is -0.444 e. The fourth-order valence-electron chi connectivity index (χ4n) is 1.96. The van der Waals surface area contributed by atoms with Crippen molar-refractivity contribution in [2.75, 3.05) is 13.1 Å². The molecule has 1 amide bonds. The Balaban J connectivity index is 2.00. The molecule has 0 fully saturated rings. The van der Waals surface area contributed by atoms with Gasteiger partial charge in [-0.3, -0.25) is 0 Å². The second-order valence-corrected chi connectivity index (χ2v) is 5.97. The smallest absolute Gasteiger partial charge is 0.410 e. The van der Waals surface area contributed by atoms with Crippen molar-refractivity contribution in [2.24, 2.45) is 0 Å². The lowest BCUT2D eigenvalue weighted by Gasteiger charge is -2.29. The number of aromatic nitrogens is 2. The third kappa shape index (κ3) is 3.79. The summed E-state index contributed by atoms with van der Waals surface area (Å²) in [7, 11) is 0. The van der Waals surface area contributed by atoms with Crippen LogP contribution in [-0.2, 0) is 4.74 Å². The van der Waals surface area contributed by atoms with Gasteiger partial charge in [0.05, 0.1) is 11.4 Å². The summed E-state index contributed by atoms with van der Waals surface area (Å²) in [6, 6.07) is 3.92. The van der Waals surface area contributed by atoms with Crippen LogP contribution < -0.4 is 0 Å². The molecular formula is C15H21N3O2. The summed E-state index contributed by atoms with van der Waals surface area (Å²) in [5.74, 6) is 0. The third-order valence-electron chi connectivity index (χ3n) is 2.99. The van der Waals surface area contributed by atoms with Crippen molar-refractivity contribution in [3.05, 3.63) is 29.6 Å². The molecule has 0 unspecified atom stereocenters. The predicted molar refractivity (Wildman–Crippen MR) is 77.2 cm³/mol. The van der Waals surface area contributed by atoms with Crippen LogP contribution in [0.15, 0.2) is 18.2 Å². The molecule has 2 rings (SSSR count). The summed E-state index contributed by atoms with van der Waals surface area (Å²) in [6.07, 6.45) is 2.53. The van der Waals surface area contributed by atoms with Gasteiger partial charge in [-0.2, -0.15) is 10.2 Å². The summed E-state index contributed by atoms with van der Waals surface area (Å²) in [5, 5.41) is 8.24. The maximum atomic E-state index is 11.9. The lowest BCUT2D eigenvalue weighted by molar-refractivity contribution is 0.0270. The van der Waals surface area contributed by atoms with Crippen LogP contribution in [0.5, 0.6) is 0 Å². The van der Waals surface area contributed by atoms with Gasteiger partial charge in [0.15, 0.2) is 0 Å². The van der Waals surface area contributed by atoms with Gasteiger partial charge in [-0.05, 0) is 51.8 Å². The lowest BCUT2D eigenvalue weighted by atomic mass is 10.0. The van der Waals surface area contributed by atoms with E-state index in [1.807, 2.05) is 45.9 Å². The second-order valence-electron chi connectivity index (χ2n) is 5.97. The molecule has 1 aliphatic heterocycles. The number of hydrogen-bond donors (Lipinski definition) is 0. The molecule has 0 bridgehead atoms. The molecule has 0 saturated heterocycles. The van der Waals surface area contributed by atoms with Crippen LogP contribution in [0.1, 0.15) is 38.6 Å². The van der Waals surface area contributed by atoms with Gasteiger partial charge in [0, 0.05) is 13.1 Å². The Hall–Kier alpha value is -1.91. The zero-order chi connectivity index (χ0) is 14.8. The van der Waals surface area contributed by atoms with E-state index in [1.54, 1.807) is 4.90 Å². The average molecular weight is 275 g/mol. The van der Waals surface area contributed by atoms with E-state index in [2.05, 4.69) is 10.2 Å². The van der Waals surface area contributed by atoms with Crippen LogP contribution in [0, 0.1) is 6.92 Å². The number of nitrogens with zero attached hydrogens (tertiary/aromatic N) is 3. The number of hydrogen-bond acceptors (Lipinski definition) is 4. The Bertz CT molecular complexity index is 515. The molecule has 0 atom stereocenters. The molecule has 20 heavy (non-hydrogen) atoms. The zero-order valence-corrected chi connectivity index (χ0v) is 12.5. The standard InChI is InChI=1S/C15H21N3O2/c1-11-5-6-13(17-16-11)12-7-9-18(10-8-12)14(19)20-15(2,3)4/h5-7H,8-10H2,1-4H3. The van der Waals surface area contributed by atoms with Crippen LogP contribution >= 0.6 is 0 Å². The number of carbonyl (C=O) groups excluding carboxylic acids is 1. The van der Waals surface area contributed by atoms with Crippen LogP contribution in [0.3, 0.4) is 0 Å². The van der Waals surface area contributed by atoms with Crippen molar-refractivity contribution < 1.29 is 9.53 Å². The van der Waals surface area contributed by atoms with E-state index < -0.39 is 5.60 Å². The fourth-order valence-corrected chi connectivity index (χ4v) is 1.96. The number of aryl methyl sites for hydroxylation is 1. The van der Waals surface area contributed by atoms with Crippen molar-refractivity contribution in [3.8, 4) is 0 Å². The Morgan fingerprint density at radius 2 is 2.05 bits per heavy atom. The average Bonchev–Trinajstić information content (AvgIpc) is 2.38. The van der Waals surface area contributed by atoms with Gasteiger partial charge in [0.1, 0.15) is 5.60 Å². The Kier molecular flexibility index (Phi) is 4.06. The lowest BCUT2D eigenvalue weighted by Crippen LogP contribution is -2.39. The summed E-state index contributed by atoms with van der Waals surface area (Å²) < 4.78 is 5.36. The largest absolute Gasteiger partial charge is 0.444 e. The van der Waals surface area contributed by atoms with Crippen LogP contribution in [0.25, 0.3) is 5.57 Å². The molecule has 5 nitrogen and oxygen atoms in total. The molecule has 0 spiro atoms. The van der Waals surface area contributed by atoms with Gasteiger partial charge in [0.25, 0.3) is 0 Å². The van der Waals surface area contributed by atoms with Crippen molar-refractivity contribution >= 4 is 11.7 Å². The zero-order valence-electron chi connectivity index (χ0n) is 12.5. The number of carbonyl (C=O) groups is 1. The Morgan fingerprint density at radius 3 is 2.55 bits per heavy atom. The highest BCUT2D eigenvalue weighted by Gasteiger charge is 2.24. The first-order chi connectivity index (χ1) is 9.35. The van der Waals surface area contributed by atoms with E-state index >= 15 is 0 Å². The topological polar surface area (TPSA) is 55.3 Å². The Morgan fingerprint density at radius 1 is 1.30 bits per heavy atom. The molecule has 108 valence electrons.